The molecule has 3 rings (SSSR count). The fraction of sp³-hybridized carbons (Fsp3) is 0.645. The molecule has 2 aliphatic rings. The molecule has 0 spiro atoms. The summed E-state index contributed by atoms with van der Waals surface area (Å²) in [6.07, 6.45) is -10.2. The third-order valence-corrected chi connectivity index (χ3v) is 10.9. The van der Waals surface area contributed by atoms with Crippen LogP contribution in [0.1, 0.15) is 58.3 Å². The van der Waals surface area contributed by atoms with Crippen LogP contribution >= 0.6 is 11.3 Å². The van der Waals surface area contributed by atoms with Crippen molar-refractivity contribution in [1.29, 1.82) is 0 Å². The number of alkyl halides is 6. The van der Waals surface area contributed by atoms with Gasteiger partial charge in [0.15, 0.2) is 5.60 Å². The zero-order chi connectivity index (χ0) is 36.6. The lowest BCUT2D eigenvalue weighted by atomic mass is 9.66. The minimum atomic E-state index is -5.83. The number of carboxylic acid groups (broad SMARTS) is 3. The molecule has 1 saturated heterocycles. The highest BCUT2D eigenvalue weighted by molar-refractivity contribution is 7.09. The summed E-state index contributed by atoms with van der Waals surface area (Å²) in [4.78, 5) is 37.8. The molecule has 0 aliphatic carbocycles. The maximum Gasteiger partial charge on any atom is 0.427 e. The molecule has 5 atom stereocenters. The Kier molecular flexibility index (Phi) is 11.2. The predicted octanol–water partition coefficient (Wildman–Crippen LogP) is 5.23. The summed E-state index contributed by atoms with van der Waals surface area (Å²) in [5.41, 5.74) is -13.0. The Labute approximate surface area is 277 Å². The highest BCUT2D eigenvalue weighted by atomic mass is 32.1. The van der Waals surface area contributed by atoms with Crippen LogP contribution in [0, 0.1) is 11.3 Å². The molecule has 0 amide bonds. The van der Waals surface area contributed by atoms with Gasteiger partial charge in [0.25, 0.3) is 5.60 Å². The lowest BCUT2D eigenvalue weighted by Crippen LogP contribution is -2.69. The standard InChI is InChI=1S/C31H40F6N2O8S/c1-5-26(4,19-9-11-25(3,38-17-19)22(23(42)43)28(46,24(44)45)16-21(40)41)39-14-13-27(18-39,12-10-20-8-7-15-48-20)29(47-6-2,30(32,33)34)31(35,36)37/h7-9,11,15,17,22,38,46H,5-6,10,12-14,16,18H2,1-4H3,(H,40,41)(H,42,43)(H,44,45)/t22?,25?,26?,27-,28?/m1/s1. The molecular weight excluding hydrogens is 674 g/mol. The van der Waals surface area contributed by atoms with E-state index in [4.69, 9.17) is 4.74 Å². The van der Waals surface area contributed by atoms with Gasteiger partial charge in [-0.05, 0) is 70.0 Å². The summed E-state index contributed by atoms with van der Waals surface area (Å²) >= 11 is 1.22. The first kappa shape index (κ1) is 39.3. The van der Waals surface area contributed by atoms with E-state index in [1.165, 1.54) is 41.5 Å². The number of halogens is 6. The monoisotopic (exact) mass is 714 g/mol. The van der Waals surface area contributed by atoms with Gasteiger partial charge in [0.05, 0.1) is 12.0 Å². The van der Waals surface area contributed by atoms with Crippen molar-refractivity contribution < 1.29 is 65.9 Å². The Bertz CT molecular complexity index is 1400. The van der Waals surface area contributed by atoms with Crippen LogP contribution in [0.15, 0.2) is 41.4 Å². The Balaban J connectivity index is 2.08. The number of hydrogen-bond donors (Lipinski definition) is 5. The second-order valence-corrected chi connectivity index (χ2v) is 13.7. The maximum absolute atomic E-state index is 14.9. The van der Waals surface area contributed by atoms with Crippen molar-refractivity contribution in [2.24, 2.45) is 11.3 Å². The molecule has 0 saturated carbocycles. The molecule has 0 radical (unpaired) electrons. The summed E-state index contributed by atoms with van der Waals surface area (Å²) in [5.74, 6) is -7.95. The van der Waals surface area contributed by atoms with E-state index in [2.05, 4.69) is 5.32 Å². The topological polar surface area (TPSA) is 157 Å². The van der Waals surface area contributed by atoms with Gasteiger partial charge in [-0.3, -0.25) is 14.5 Å². The molecule has 0 aromatic carbocycles. The first-order valence-corrected chi connectivity index (χ1v) is 16.0. The van der Waals surface area contributed by atoms with E-state index in [1.54, 1.807) is 31.4 Å². The molecule has 0 bridgehead atoms. The number of nitrogens with zero attached hydrogens (tertiary/aromatic N) is 1. The van der Waals surface area contributed by atoms with E-state index >= 15 is 0 Å². The van der Waals surface area contributed by atoms with Crippen LogP contribution in [0.4, 0.5) is 26.3 Å². The molecule has 270 valence electrons. The number of aliphatic hydroxyl groups is 1. The van der Waals surface area contributed by atoms with Crippen LogP contribution in [0.25, 0.3) is 0 Å². The van der Waals surface area contributed by atoms with Crippen molar-refractivity contribution in [3.05, 3.63) is 46.3 Å². The summed E-state index contributed by atoms with van der Waals surface area (Å²) < 4.78 is 94.2. The van der Waals surface area contributed by atoms with Crippen LogP contribution in [-0.2, 0) is 25.5 Å². The van der Waals surface area contributed by atoms with Gasteiger partial charge in [-0.25, -0.2) is 4.79 Å². The molecule has 17 heteroatoms. The number of rotatable bonds is 15. The predicted molar refractivity (Wildman–Crippen MR) is 161 cm³/mol. The smallest absolute Gasteiger partial charge is 0.427 e. The van der Waals surface area contributed by atoms with Gasteiger partial charge in [-0.15, -0.1) is 11.3 Å². The zero-order valence-corrected chi connectivity index (χ0v) is 27.6. The number of nitrogens with one attached hydrogen (secondary N) is 1. The van der Waals surface area contributed by atoms with Crippen molar-refractivity contribution in [3.8, 4) is 0 Å². The molecule has 4 unspecified atom stereocenters. The number of likely N-dealkylation sites (tertiary alicyclic amines) is 1. The van der Waals surface area contributed by atoms with Crippen LogP contribution in [0.3, 0.4) is 0 Å². The van der Waals surface area contributed by atoms with Crippen molar-refractivity contribution in [3.63, 3.8) is 0 Å². The molecule has 2 aliphatic heterocycles. The van der Waals surface area contributed by atoms with Gasteiger partial charge in [0, 0.05) is 35.2 Å². The summed E-state index contributed by atoms with van der Waals surface area (Å²) in [6.45, 7) is 3.87. The van der Waals surface area contributed by atoms with Crippen LogP contribution < -0.4 is 5.32 Å². The average molecular weight is 715 g/mol. The van der Waals surface area contributed by atoms with E-state index in [-0.39, 0.29) is 19.4 Å². The van der Waals surface area contributed by atoms with Crippen molar-refractivity contribution in [2.45, 2.75) is 94.4 Å². The summed E-state index contributed by atoms with van der Waals surface area (Å²) in [5, 5.41) is 44.1. The third kappa shape index (κ3) is 6.70. The van der Waals surface area contributed by atoms with Gasteiger partial charge in [0.1, 0.15) is 5.92 Å². The Morgan fingerprint density at radius 1 is 1.10 bits per heavy atom. The molecule has 3 heterocycles. The highest BCUT2D eigenvalue weighted by Crippen LogP contribution is 2.61. The van der Waals surface area contributed by atoms with E-state index in [0.29, 0.717) is 10.5 Å². The first-order valence-electron chi connectivity index (χ1n) is 15.1. The van der Waals surface area contributed by atoms with Crippen molar-refractivity contribution in [2.75, 3.05) is 19.7 Å². The van der Waals surface area contributed by atoms with Crippen LogP contribution in [-0.4, -0.2) is 97.6 Å². The normalized spacial score (nSPS) is 25.4. The maximum atomic E-state index is 14.9. The van der Waals surface area contributed by atoms with E-state index in [1.807, 2.05) is 0 Å². The Morgan fingerprint density at radius 3 is 2.15 bits per heavy atom. The number of hydrogen-bond acceptors (Lipinski definition) is 8. The number of thiophene rings is 1. The third-order valence-electron chi connectivity index (χ3n) is 9.96. The fourth-order valence-electron chi connectivity index (χ4n) is 7.28. The minimum Gasteiger partial charge on any atom is -0.481 e. The lowest BCUT2D eigenvalue weighted by Gasteiger charge is -2.50. The van der Waals surface area contributed by atoms with Crippen molar-refractivity contribution in [1.82, 2.24) is 10.2 Å². The second-order valence-electron chi connectivity index (χ2n) is 12.7. The van der Waals surface area contributed by atoms with E-state index < -0.39 is 96.3 Å². The summed E-state index contributed by atoms with van der Waals surface area (Å²) in [6, 6.07) is 3.29. The quantitative estimate of drug-likeness (QED) is 0.153. The van der Waals surface area contributed by atoms with E-state index in [0.717, 1.165) is 6.92 Å². The van der Waals surface area contributed by atoms with Crippen LogP contribution in [0.2, 0.25) is 0 Å². The lowest BCUT2D eigenvalue weighted by molar-refractivity contribution is -0.415. The number of dihydropyridines is 1. The van der Waals surface area contributed by atoms with Gasteiger partial charge in [-0.2, -0.15) is 26.3 Å². The van der Waals surface area contributed by atoms with Crippen molar-refractivity contribution >= 4 is 29.2 Å². The van der Waals surface area contributed by atoms with Gasteiger partial charge < -0.3 is 30.5 Å². The van der Waals surface area contributed by atoms with Gasteiger partial charge >= 0.3 is 30.3 Å². The SMILES string of the molecule is CCOC(C(F)(F)F)(C(F)(F)F)[C@]1(CCc2cccs2)CCN(C(C)(CC)C2=CNC(C)(C(C(=O)O)C(O)(CC(=O)O)C(=O)O)C=C2)C1. The minimum absolute atomic E-state index is 0.0583. The van der Waals surface area contributed by atoms with Gasteiger partial charge in [0.2, 0.25) is 0 Å². The molecule has 1 aromatic rings. The molecule has 48 heavy (non-hydrogen) atoms. The first-order chi connectivity index (χ1) is 22.0. The summed E-state index contributed by atoms with van der Waals surface area (Å²) in [7, 11) is 0. The molecule has 1 aromatic heterocycles. The molecule has 1 fully saturated rings. The fourth-order valence-corrected chi connectivity index (χ4v) is 7.99. The molecule has 5 N–H and O–H groups in total. The number of ether oxygens (including phenoxy) is 1. The number of aryl methyl sites for hydroxylation is 1. The van der Waals surface area contributed by atoms with Crippen LogP contribution in [0.5, 0.6) is 0 Å². The highest BCUT2D eigenvalue weighted by Gasteiger charge is 2.81. The number of aliphatic carboxylic acids is 3. The number of carboxylic acids is 3. The second kappa shape index (κ2) is 13.6. The molecule has 10 nitrogen and oxygen atoms in total. The average Bonchev–Trinajstić information content (AvgIpc) is 3.64. The van der Waals surface area contributed by atoms with Gasteiger partial charge in [-0.1, -0.05) is 25.1 Å². The Hall–Kier alpha value is -3.15. The zero-order valence-electron chi connectivity index (χ0n) is 26.7. The largest absolute Gasteiger partial charge is 0.481 e. The van der Waals surface area contributed by atoms with E-state index in [9.17, 15) is 61.2 Å². The molecular formula is C31H40F6N2O8S. The number of carbonyl (C=O) groups is 3. The Morgan fingerprint density at radius 2 is 1.73 bits per heavy atom.